The van der Waals surface area contributed by atoms with Gasteiger partial charge in [-0.05, 0) is 18.2 Å². The molecule has 0 aromatic carbocycles. The third-order valence-corrected chi connectivity index (χ3v) is 3.82. The van der Waals surface area contributed by atoms with Crippen LogP contribution in [0.2, 0.25) is 0 Å². The Balaban J connectivity index is 2.18. The molecule has 1 saturated heterocycles. The zero-order valence-corrected chi connectivity index (χ0v) is 12.2. The summed E-state index contributed by atoms with van der Waals surface area (Å²) in [5, 5.41) is 8.80. The highest BCUT2D eigenvalue weighted by Crippen LogP contribution is 2.32. The lowest BCUT2D eigenvalue weighted by atomic mass is 10.1. The van der Waals surface area contributed by atoms with Crippen LogP contribution in [0.4, 0.5) is 13.2 Å². The highest BCUT2D eigenvalue weighted by Gasteiger charge is 2.35. The van der Waals surface area contributed by atoms with Gasteiger partial charge in [0.2, 0.25) is 0 Å². The first-order valence-electron chi connectivity index (χ1n) is 7.05. The minimum absolute atomic E-state index is 0.0162. The topological polar surface area (TPSA) is 56.7 Å². The molecule has 0 spiro atoms. The molecule has 22 heavy (non-hydrogen) atoms. The Morgan fingerprint density at radius 2 is 1.86 bits per heavy atom. The fourth-order valence-corrected chi connectivity index (χ4v) is 2.50. The summed E-state index contributed by atoms with van der Waals surface area (Å²) in [7, 11) is 0. The van der Waals surface area contributed by atoms with E-state index in [1.165, 1.54) is 0 Å². The van der Waals surface area contributed by atoms with Crippen LogP contribution >= 0.6 is 0 Å². The SMILES string of the molecule is CCN1CCN(Cc2cnc(C(=O)O)cc2C(F)(F)F)CC1. The van der Waals surface area contributed by atoms with Crippen molar-refractivity contribution in [1.82, 2.24) is 14.8 Å². The number of likely N-dealkylation sites (N-methyl/N-ethyl adjacent to an activating group) is 1. The molecule has 5 nitrogen and oxygen atoms in total. The monoisotopic (exact) mass is 317 g/mol. The molecule has 1 aromatic rings. The third-order valence-electron chi connectivity index (χ3n) is 3.82. The van der Waals surface area contributed by atoms with E-state index in [1.54, 1.807) is 0 Å². The minimum atomic E-state index is -4.59. The van der Waals surface area contributed by atoms with E-state index in [0.29, 0.717) is 19.2 Å². The van der Waals surface area contributed by atoms with E-state index in [4.69, 9.17) is 5.11 Å². The molecule has 2 rings (SSSR count). The zero-order chi connectivity index (χ0) is 16.3. The number of hydrogen-bond acceptors (Lipinski definition) is 4. The minimum Gasteiger partial charge on any atom is -0.477 e. The Kier molecular flexibility index (Phi) is 5.02. The van der Waals surface area contributed by atoms with Crippen molar-refractivity contribution in [3.8, 4) is 0 Å². The van der Waals surface area contributed by atoms with Gasteiger partial charge in [0.15, 0.2) is 0 Å². The van der Waals surface area contributed by atoms with Gasteiger partial charge in [0.1, 0.15) is 5.69 Å². The molecule has 1 N–H and O–H groups in total. The molecule has 0 amide bonds. The lowest BCUT2D eigenvalue weighted by molar-refractivity contribution is -0.138. The smallest absolute Gasteiger partial charge is 0.416 e. The van der Waals surface area contributed by atoms with Crippen LogP contribution in [-0.2, 0) is 12.7 Å². The lowest BCUT2D eigenvalue weighted by Crippen LogP contribution is -2.45. The van der Waals surface area contributed by atoms with Gasteiger partial charge in [-0.15, -0.1) is 0 Å². The largest absolute Gasteiger partial charge is 0.477 e. The summed E-state index contributed by atoms with van der Waals surface area (Å²) < 4.78 is 39.3. The number of piperazine rings is 1. The average molecular weight is 317 g/mol. The number of nitrogens with zero attached hydrogens (tertiary/aromatic N) is 3. The molecule has 1 aliphatic rings. The van der Waals surface area contributed by atoms with Gasteiger partial charge in [-0.1, -0.05) is 6.92 Å². The second kappa shape index (κ2) is 6.62. The third kappa shape index (κ3) is 3.95. The van der Waals surface area contributed by atoms with Gasteiger partial charge < -0.3 is 10.0 Å². The average Bonchev–Trinajstić information content (AvgIpc) is 2.47. The molecule has 0 bridgehead atoms. The number of rotatable bonds is 4. The molecule has 1 aromatic heterocycles. The van der Waals surface area contributed by atoms with Crippen LogP contribution < -0.4 is 0 Å². The summed E-state index contributed by atoms with van der Waals surface area (Å²) in [6, 6.07) is 0.611. The van der Waals surface area contributed by atoms with Crippen molar-refractivity contribution in [2.45, 2.75) is 19.6 Å². The van der Waals surface area contributed by atoms with Crippen molar-refractivity contribution in [2.75, 3.05) is 32.7 Å². The van der Waals surface area contributed by atoms with E-state index in [0.717, 1.165) is 25.8 Å². The van der Waals surface area contributed by atoms with Crippen LogP contribution in [0.5, 0.6) is 0 Å². The van der Waals surface area contributed by atoms with Crippen LogP contribution in [0.3, 0.4) is 0 Å². The van der Waals surface area contributed by atoms with Crippen LogP contribution in [0, 0.1) is 0 Å². The fraction of sp³-hybridized carbons (Fsp3) is 0.571. The molecular formula is C14H18F3N3O2. The van der Waals surface area contributed by atoms with Crippen molar-refractivity contribution in [2.24, 2.45) is 0 Å². The first kappa shape index (κ1) is 16.7. The molecule has 2 heterocycles. The summed E-state index contributed by atoms with van der Waals surface area (Å²) in [5.74, 6) is -1.46. The lowest BCUT2D eigenvalue weighted by Gasteiger charge is -2.34. The van der Waals surface area contributed by atoms with Crippen LogP contribution in [0.1, 0.15) is 28.5 Å². The molecule has 0 unspecified atom stereocenters. The maximum Gasteiger partial charge on any atom is 0.416 e. The maximum absolute atomic E-state index is 13.1. The van der Waals surface area contributed by atoms with E-state index < -0.39 is 23.4 Å². The second-order valence-corrected chi connectivity index (χ2v) is 5.24. The van der Waals surface area contributed by atoms with E-state index in [2.05, 4.69) is 9.88 Å². The fourth-order valence-electron chi connectivity index (χ4n) is 2.50. The number of carboxylic acid groups (broad SMARTS) is 1. The van der Waals surface area contributed by atoms with E-state index in [-0.39, 0.29) is 12.1 Å². The van der Waals surface area contributed by atoms with Crippen molar-refractivity contribution in [1.29, 1.82) is 0 Å². The zero-order valence-electron chi connectivity index (χ0n) is 12.2. The Labute approximate surface area is 126 Å². The number of hydrogen-bond donors (Lipinski definition) is 1. The predicted molar refractivity (Wildman–Crippen MR) is 73.6 cm³/mol. The molecular weight excluding hydrogens is 299 g/mol. The van der Waals surface area contributed by atoms with Gasteiger partial charge in [0.25, 0.3) is 0 Å². The van der Waals surface area contributed by atoms with Crippen molar-refractivity contribution in [3.05, 3.63) is 29.1 Å². The van der Waals surface area contributed by atoms with Gasteiger partial charge >= 0.3 is 12.1 Å². The van der Waals surface area contributed by atoms with Gasteiger partial charge in [0, 0.05) is 38.9 Å². The summed E-state index contributed by atoms with van der Waals surface area (Å²) >= 11 is 0. The molecule has 1 fully saturated rings. The number of pyridine rings is 1. The molecule has 0 atom stereocenters. The molecule has 0 saturated carbocycles. The van der Waals surface area contributed by atoms with E-state index in [9.17, 15) is 18.0 Å². The van der Waals surface area contributed by atoms with Crippen LogP contribution in [-0.4, -0.2) is 58.6 Å². The summed E-state index contributed by atoms with van der Waals surface area (Å²) in [4.78, 5) is 18.6. The summed E-state index contributed by atoms with van der Waals surface area (Å²) in [5.41, 5.74) is -1.49. The Morgan fingerprint density at radius 1 is 1.27 bits per heavy atom. The van der Waals surface area contributed by atoms with Crippen molar-refractivity contribution in [3.63, 3.8) is 0 Å². The van der Waals surface area contributed by atoms with Crippen LogP contribution in [0.25, 0.3) is 0 Å². The summed E-state index contributed by atoms with van der Waals surface area (Å²) in [6.07, 6.45) is -3.56. The highest BCUT2D eigenvalue weighted by atomic mass is 19.4. The second-order valence-electron chi connectivity index (χ2n) is 5.24. The van der Waals surface area contributed by atoms with Gasteiger partial charge in [-0.3, -0.25) is 4.90 Å². The molecule has 0 aliphatic carbocycles. The standard InChI is InChI=1S/C14H18F3N3O2/c1-2-19-3-5-20(6-4-19)9-10-8-18-12(13(21)22)7-11(10)14(15,16)17/h7-8H,2-6,9H2,1H3,(H,21,22). The first-order chi connectivity index (χ1) is 10.3. The number of aromatic nitrogens is 1. The van der Waals surface area contributed by atoms with Gasteiger partial charge in [-0.2, -0.15) is 13.2 Å². The first-order valence-corrected chi connectivity index (χ1v) is 7.05. The number of carbonyl (C=O) groups is 1. The predicted octanol–water partition coefficient (Wildman–Crippen LogP) is 1.94. The van der Waals surface area contributed by atoms with Crippen molar-refractivity contribution >= 4 is 5.97 Å². The Morgan fingerprint density at radius 3 is 2.36 bits per heavy atom. The molecule has 8 heteroatoms. The molecule has 122 valence electrons. The maximum atomic E-state index is 13.1. The number of carboxylic acids is 1. The quantitative estimate of drug-likeness (QED) is 0.920. The molecule has 0 radical (unpaired) electrons. The van der Waals surface area contributed by atoms with Gasteiger partial charge in [0.05, 0.1) is 5.56 Å². The van der Waals surface area contributed by atoms with Crippen molar-refractivity contribution < 1.29 is 23.1 Å². The van der Waals surface area contributed by atoms with E-state index >= 15 is 0 Å². The highest BCUT2D eigenvalue weighted by molar-refractivity contribution is 5.85. The van der Waals surface area contributed by atoms with Gasteiger partial charge in [-0.25, -0.2) is 9.78 Å². The number of aromatic carboxylic acids is 1. The number of halogens is 3. The Hall–Kier alpha value is -1.67. The summed E-state index contributed by atoms with van der Waals surface area (Å²) in [6.45, 7) is 6.11. The van der Waals surface area contributed by atoms with Crippen LogP contribution in [0.15, 0.2) is 12.3 Å². The van der Waals surface area contributed by atoms with E-state index in [1.807, 2.05) is 11.8 Å². The number of alkyl halides is 3. The Bertz CT molecular complexity index is 541. The molecule has 1 aliphatic heterocycles. The normalized spacial score (nSPS) is 17.6.